The Labute approximate surface area is 158 Å². The summed E-state index contributed by atoms with van der Waals surface area (Å²) >= 11 is -1.09. The summed E-state index contributed by atoms with van der Waals surface area (Å²) in [4.78, 5) is 0. The molecule has 0 aliphatic heterocycles. The number of halogens is 20. The van der Waals surface area contributed by atoms with Crippen LogP contribution in [0.1, 0.15) is 0 Å². The first-order valence-electron chi connectivity index (χ1n) is 5.78. The molecule has 0 spiro atoms. The monoisotopic (exact) mass is 596 g/mol. The van der Waals surface area contributed by atoms with Crippen LogP contribution in [0.3, 0.4) is 0 Å². The van der Waals surface area contributed by atoms with E-state index in [1.54, 1.807) is 0 Å². The molecule has 0 amide bonds. The lowest BCUT2D eigenvalue weighted by Crippen LogP contribution is -2.77. The zero-order chi connectivity index (χ0) is 24.5. The second kappa shape index (κ2) is 6.70. The Morgan fingerprint density at radius 2 is 0.517 bits per heavy atom. The van der Waals surface area contributed by atoms with Gasteiger partial charge in [0.25, 0.3) is 0 Å². The van der Waals surface area contributed by atoms with Gasteiger partial charge in [-0.15, -0.1) is 0 Å². The first-order chi connectivity index (χ1) is 12.0. The molecule has 0 atom stereocenters. The van der Waals surface area contributed by atoms with Gasteiger partial charge in [0.1, 0.15) is 0 Å². The molecule has 0 saturated heterocycles. The van der Waals surface area contributed by atoms with E-state index in [0.29, 0.717) is 0 Å². The molecule has 0 nitrogen and oxygen atoms in total. The molecule has 0 aromatic rings. The van der Waals surface area contributed by atoms with Gasteiger partial charge in [-0.25, -0.2) is 4.39 Å². The van der Waals surface area contributed by atoms with Crippen molar-refractivity contribution in [2.75, 3.05) is 0 Å². The highest BCUT2D eigenvalue weighted by molar-refractivity contribution is 14.1. The zero-order valence-electron chi connectivity index (χ0n) is 12.1. The van der Waals surface area contributed by atoms with Crippen molar-refractivity contribution < 1.29 is 83.4 Å². The average Bonchev–Trinajstić information content (AvgIpc) is 2.41. The molecule has 29 heavy (non-hydrogen) atoms. The lowest BCUT2D eigenvalue weighted by Gasteiger charge is -2.44. The predicted molar refractivity (Wildman–Crippen MR) is 59.7 cm³/mol. The van der Waals surface area contributed by atoms with Crippen LogP contribution in [0.4, 0.5) is 83.4 Å². The zero-order valence-corrected chi connectivity index (χ0v) is 14.2. The highest BCUT2D eigenvalue weighted by Gasteiger charge is 2.98. The Morgan fingerprint density at radius 3 is 0.724 bits per heavy atom. The number of rotatable bonds is 6. The summed E-state index contributed by atoms with van der Waals surface area (Å²) in [6.07, 6.45) is -16.5. The van der Waals surface area contributed by atoms with E-state index in [1.807, 2.05) is 0 Å². The van der Waals surface area contributed by atoms with Gasteiger partial charge in [0.2, 0.25) is 0 Å². The summed E-state index contributed by atoms with van der Waals surface area (Å²) in [5.41, 5.74) is -8.70. The molecule has 0 aliphatic carbocycles. The topological polar surface area (TPSA) is 0 Å². The molecular weight excluding hydrogens is 596 g/mol. The van der Waals surface area contributed by atoms with E-state index in [0.717, 1.165) is 0 Å². The van der Waals surface area contributed by atoms with Crippen molar-refractivity contribution in [3.05, 3.63) is 0 Å². The van der Waals surface area contributed by atoms with Crippen molar-refractivity contribution in [1.29, 1.82) is 0 Å². The fraction of sp³-hybridized carbons (Fsp3) is 1.00. The van der Waals surface area contributed by atoms with Crippen molar-refractivity contribution in [2.24, 2.45) is 0 Å². The van der Waals surface area contributed by atoms with Crippen molar-refractivity contribution in [2.45, 2.75) is 51.6 Å². The summed E-state index contributed by atoms with van der Waals surface area (Å²) in [6, 6.07) is 0. The van der Waals surface area contributed by atoms with Crippen molar-refractivity contribution in [3.63, 3.8) is 0 Å². The van der Waals surface area contributed by atoms with Gasteiger partial charge in [0.05, 0.1) is 0 Å². The van der Waals surface area contributed by atoms with E-state index in [2.05, 4.69) is 0 Å². The fourth-order valence-corrected chi connectivity index (χ4v) is 1.84. The molecule has 0 N–H and O–H groups in total. The van der Waals surface area contributed by atoms with Crippen molar-refractivity contribution in [3.8, 4) is 0 Å². The highest BCUT2D eigenvalue weighted by Crippen LogP contribution is 2.66. The Morgan fingerprint density at radius 1 is 0.310 bits per heavy atom. The highest BCUT2D eigenvalue weighted by atomic mass is 127. The average molecular weight is 596 g/mol. The van der Waals surface area contributed by atoms with Crippen LogP contribution in [0.25, 0.3) is 0 Å². The number of hydrogen-bond acceptors (Lipinski definition) is 0. The third kappa shape index (κ3) is 3.47. The second-order valence-electron chi connectivity index (χ2n) is 5.02. The van der Waals surface area contributed by atoms with E-state index in [-0.39, 0.29) is 0 Å². The Balaban J connectivity index is 7.04. The van der Waals surface area contributed by atoms with E-state index < -0.39 is 74.2 Å². The summed E-state index contributed by atoms with van der Waals surface area (Å²) in [5, 5.41) is 0. The van der Waals surface area contributed by atoms with Crippen molar-refractivity contribution >= 4 is 22.6 Å². The molecular formula is C9F19I. The summed E-state index contributed by atoms with van der Waals surface area (Å²) < 4.78 is 235. The summed E-state index contributed by atoms with van der Waals surface area (Å²) in [5.74, 6) is -42.9. The molecule has 0 aliphatic rings. The maximum atomic E-state index is 13.1. The smallest absolute Gasteiger partial charge is 0.216 e. The first-order valence-corrected chi connectivity index (χ1v) is 6.86. The molecule has 0 heterocycles. The SMILES string of the molecule is FC(F)(F)C(F)(C(F)(F)F)C(F)(F)C(F)(F)C(F)(F)C(F)(F)C(F)(F)C(F)(F)I. The number of alkyl halides is 20. The molecule has 0 radical (unpaired) electrons. The van der Waals surface area contributed by atoms with Gasteiger partial charge in [-0.2, -0.15) is 79.0 Å². The van der Waals surface area contributed by atoms with Crippen molar-refractivity contribution in [1.82, 2.24) is 0 Å². The van der Waals surface area contributed by atoms with Crippen LogP contribution in [0.5, 0.6) is 0 Å². The molecule has 0 bridgehead atoms. The van der Waals surface area contributed by atoms with Crippen LogP contribution in [-0.2, 0) is 0 Å². The minimum absolute atomic E-state index is 1.09. The van der Waals surface area contributed by atoms with Gasteiger partial charge in [0.15, 0.2) is 0 Å². The minimum Gasteiger partial charge on any atom is -0.216 e. The lowest BCUT2D eigenvalue weighted by molar-refractivity contribution is -0.469. The molecule has 0 aromatic carbocycles. The lowest BCUT2D eigenvalue weighted by atomic mass is 9.84. The van der Waals surface area contributed by atoms with Gasteiger partial charge in [-0.05, 0) is 0 Å². The van der Waals surface area contributed by atoms with Gasteiger partial charge in [-0.3, -0.25) is 0 Å². The molecule has 0 fully saturated rings. The van der Waals surface area contributed by atoms with Crippen LogP contribution in [0, 0.1) is 0 Å². The maximum absolute atomic E-state index is 13.1. The Bertz CT molecular complexity index is 589. The van der Waals surface area contributed by atoms with Crippen LogP contribution in [0.2, 0.25) is 0 Å². The van der Waals surface area contributed by atoms with E-state index in [9.17, 15) is 83.4 Å². The molecule has 0 rings (SSSR count). The maximum Gasteiger partial charge on any atom is 0.438 e. The van der Waals surface area contributed by atoms with Crippen LogP contribution in [-0.4, -0.2) is 51.6 Å². The van der Waals surface area contributed by atoms with Crippen LogP contribution >= 0.6 is 22.6 Å². The number of hydrogen-bond donors (Lipinski definition) is 0. The Hall–Kier alpha value is -0.600. The van der Waals surface area contributed by atoms with Gasteiger partial charge >= 0.3 is 51.6 Å². The third-order valence-electron chi connectivity index (χ3n) is 3.15. The van der Waals surface area contributed by atoms with Gasteiger partial charge in [-0.1, -0.05) is 0 Å². The third-order valence-corrected chi connectivity index (χ3v) is 3.82. The molecule has 0 aromatic heterocycles. The minimum atomic E-state index is -8.96. The molecule has 0 saturated carbocycles. The molecule has 0 unspecified atom stereocenters. The van der Waals surface area contributed by atoms with E-state index in [1.165, 1.54) is 0 Å². The standard InChI is InChI=1S/C9F19I/c10-1(7(21,22)23,8(24,25)26)2(11,12)3(13,14)4(15,16)5(17,18)6(19,20)9(27,28)29. The van der Waals surface area contributed by atoms with E-state index >= 15 is 0 Å². The van der Waals surface area contributed by atoms with Gasteiger partial charge < -0.3 is 0 Å². The summed E-state index contributed by atoms with van der Waals surface area (Å²) in [6.45, 7) is 0. The first kappa shape index (κ1) is 28.4. The normalized spacial score (nSPS) is 17.0. The predicted octanol–water partition coefficient (Wildman–Crippen LogP) is 7.02. The quantitative estimate of drug-likeness (QED) is 0.176. The second-order valence-corrected chi connectivity index (χ2v) is 6.38. The fourth-order valence-electron chi connectivity index (χ4n) is 1.50. The largest absolute Gasteiger partial charge is 0.438 e. The van der Waals surface area contributed by atoms with Crippen LogP contribution < -0.4 is 0 Å². The van der Waals surface area contributed by atoms with E-state index in [4.69, 9.17) is 0 Å². The Kier molecular flexibility index (Phi) is 6.56. The molecule has 20 heteroatoms. The van der Waals surface area contributed by atoms with Gasteiger partial charge in [0, 0.05) is 22.6 Å². The van der Waals surface area contributed by atoms with Crippen LogP contribution in [0.15, 0.2) is 0 Å². The molecule has 176 valence electrons. The summed E-state index contributed by atoms with van der Waals surface area (Å²) in [7, 11) is 0.